The minimum Gasteiger partial charge on any atom is -0.351 e. The predicted octanol–water partition coefficient (Wildman–Crippen LogP) is 0.645. The molecule has 1 aromatic rings. The molecule has 0 unspecified atom stereocenters. The number of halogens is 1. The van der Waals surface area contributed by atoms with Crippen LogP contribution >= 0.6 is 11.6 Å². The van der Waals surface area contributed by atoms with Gasteiger partial charge in [-0.15, -0.1) is 10.2 Å². The number of urea groups is 1. The summed E-state index contributed by atoms with van der Waals surface area (Å²) < 4.78 is 0. The second kappa shape index (κ2) is 3.36. The van der Waals surface area contributed by atoms with Gasteiger partial charge in [0.25, 0.3) is 0 Å². The molecule has 0 aliphatic carbocycles. The van der Waals surface area contributed by atoms with Crippen molar-refractivity contribution < 1.29 is 4.79 Å². The van der Waals surface area contributed by atoms with Gasteiger partial charge in [0.2, 0.25) is 0 Å². The van der Waals surface area contributed by atoms with Gasteiger partial charge in [0, 0.05) is 7.05 Å². The Morgan fingerprint density at radius 1 is 1.58 bits per heavy atom. The molecule has 0 fully saturated rings. The Bertz CT molecular complexity index is 286. The lowest BCUT2D eigenvalue weighted by molar-refractivity contribution is 0.255. The van der Waals surface area contributed by atoms with Crippen LogP contribution in [0.4, 0.5) is 10.6 Å². The highest BCUT2D eigenvalue weighted by Gasteiger charge is 2.07. The van der Waals surface area contributed by atoms with Crippen molar-refractivity contribution in [1.29, 1.82) is 0 Å². The van der Waals surface area contributed by atoms with Crippen molar-refractivity contribution in [2.75, 3.05) is 11.9 Å². The van der Waals surface area contributed by atoms with Gasteiger partial charge in [-0.3, -0.25) is 4.90 Å². The summed E-state index contributed by atoms with van der Waals surface area (Å²) in [6, 6.07) is 2.50. The Balaban J connectivity index is 2.89. The van der Waals surface area contributed by atoms with E-state index in [0.29, 0.717) is 5.82 Å². The van der Waals surface area contributed by atoms with E-state index in [4.69, 9.17) is 17.3 Å². The fourth-order valence-electron chi connectivity index (χ4n) is 0.601. The second-order valence-electron chi connectivity index (χ2n) is 2.11. The molecule has 64 valence electrons. The molecule has 6 heteroatoms. The molecule has 2 amide bonds. The number of nitrogens with zero attached hydrogens (tertiary/aromatic N) is 3. The van der Waals surface area contributed by atoms with Crippen molar-refractivity contribution in [1.82, 2.24) is 10.2 Å². The number of carbonyl (C=O) groups is 1. The summed E-state index contributed by atoms with van der Waals surface area (Å²) in [5.74, 6) is 0.368. The predicted molar refractivity (Wildman–Crippen MR) is 45.0 cm³/mol. The van der Waals surface area contributed by atoms with E-state index in [9.17, 15) is 4.79 Å². The number of nitrogens with two attached hydrogens (primary N) is 1. The molecular weight excluding hydrogens is 180 g/mol. The van der Waals surface area contributed by atoms with Gasteiger partial charge in [-0.25, -0.2) is 4.79 Å². The van der Waals surface area contributed by atoms with E-state index in [1.165, 1.54) is 18.0 Å². The molecule has 0 saturated carbocycles. The van der Waals surface area contributed by atoms with Gasteiger partial charge in [0.15, 0.2) is 11.0 Å². The summed E-state index contributed by atoms with van der Waals surface area (Å²) in [5.41, 5.74) is 4.99. The van der Waals surface area contributed by atoms with Crippen LogP contribution in [-0.2, 0) is 0 Å². The first-order valence-corrected chi connectivity index (χ1v) is 3.51. The van der Waals surface area contributed by atoms with E-state index in [-0.39, 0.29) is 5.15 Å². The maximum Gasteiger partial charge on any atom is 0.320 e. The Labute approximate surface area is 74.1 Å². The quantitative estimate of drug-likeness (QED) is 0.700. The molecule has 0 bridgehead atoms. The SMILES string of the molecule is CN(C(N)=O)c1ccc(Cl)nn1. The zero-order valence-corrected chi connectivity index (χ0v) is 7.12. The molecule has 0 spiro atoms. The molecule has 0 aliphatic heterocycles. The highest BCUT2D eigenvalue weighted by atomic mass is 35.5. The smallest absolute Gasteiger partial charge is 0.320 e. The van der Waals surface area contributed by atoms with Crippen molar-refractivity contribution in [3.05, 3.63) is 17.3 Å². The summed E-state index contributed by atoms with van der Waals surface area (Å²) in [5, 5.41) is 7.47. The fourth-order valence-corrected chi connectivity index (χ4v) is 0.702. The zero-order chi connectivity index (χ0) is 9.14. The number of hydrogen-bond donors (Lipinski definition) is 1. The topological polar surface area (TPSA) is 72.1 Å². The average Bonchev–Trinajstić information content (AvgIpc) is 2.04. The van der Waals surface area contributed by atoms with E-state index in [2.05, 4.69) is 10.2 Å². The van der Waals surface area contributed by atoms with E-state index in [0.717, 1.165) is 0 Å². The van der Waals surface area contributed by atoms with E-state index < -0.39 is 6.03 Å². The Kier molecular flexibility index (Phi) is 2.44. The van der Waals surface area contributed by atoms with Gasteiger partial charge >= 0.3 is 6.03 Å². The van der Waals surface area contributed by atoms with Gasteiger partial charge in [-0.05, 0) is 12.1 Å². The lowest BCUT2D eigenvalue weighted by Crippen LogP contribution is -2.32. The molecular formula is C6H7ClN4O. The number of aromatic nitrogens is 2. The Hall–Kier alpha value is -1.36. The first kappa shape index (κ1) is 8.73. The maximum absolute atomic E-state index is 10.6. The van der Waals surface area contributed by atoms with Crippen molar-refractivity contribution in [2.24, 2.45) is 5.73 Å². The van der Waals surface area contributed by atoms with Crippen molar-refractivity contribution in [3.8, 4) is 0 Å². The minimum absolute atomic E-state index is 0.275. The molecule has 5 nitrogen and oxygen atoms in total. The second-order valence-corrected chi connectivity index (χ2v) is 2.50. The number of amides is 2. The highest BCUT2D eigenvalue weighted by Crippen LogP contribution is 2.09. The van der Waals surface area contributed by atoms with Crippen molar-refractivity contribution in [3.63, 3.8) is 0 Å². The molecule has 12 heavy (non-hydrogen) atoms. The van der Waals surface area contributed by atoms with E-state index in [1.54, 1.807) is 6.07 Å². The van der Waals surface area contributed by atoms with Gasteiger partial charge < -0.3 is 5.73 Å². The van der Waals surface area contributed by atoms with Gasteiger partial charge in [0.1, 0.15) is 0 Å². The molecule has 0 saturated heterocycles. The summed E-state index contributed by atoms with van der Waals surface area (Å²) in [6.07, 6.45) is 0. The highest BCUT2D eigenvalue weighted by molar-refractivity contribution is 6.29. The van der Waals surface area contributed by atoms with E-state index in [1.807, 2.05) is 0 Å². The lowest BCUT2D eigenvalue weighted by atomic mass is 10.5. The third kappa shape index (κ3) is 1.82. The van der Waals surface area contributed by atoms with Crippen LogP contribution in [0.15, 0.2) is 12.1 Å². The van der Waals surface area contributed by atoms with Crippen LogP contribution in [0.5, 0.6) is 0 Å². The number of anilines is 1. The number of primary amides is 1. The standard InChI is InChI=1S/C6H7ClN4O/c1-11(6(8)12)5-3-2-4(7)9-10-5/h2-3H,1H3,(H2,8,12). The third-order valence-corrected chi connectivity index (χ3v) is 1.49. The number of rotatable bonds is 1. The largest absolute Gasteiger partial charge is 0.351 e. The summed E-state index contributed by atoms with van der Waals surface area (Å²) in [7, 11) is 1.50. The molecule has 2 N–H and O–H groups in total. The summed E-state index contributed by atoms with van der Waals surface area (Å²) >= 11 is 5.49. The van der Waals surface area contributed by atoms with Gasteiger partial charge in [-0.2, -0.15) is 0 Å². The van der Waals surface area contributed by atoms with Crippen molar-refractivity contribution in [2.45, 2.75) is 0 Å². The summed E-state index contributed by atoms with van der Waals surface area (Å²) in [4.78, 5) is 11.8. The monoisotopic (exact) mass is 186 g/mol. The number of hydrogen-bond acceptors (Lipinski definition) is 3. The number of carbonyl (C=O) groups excluding carboxylic acids is 1. The van der Waals surface area contributed by atoms with Crippen LogP contribution in [0, 0.1) is 0 Å². The molecule has 0 radical (unpaired) electrons. The molecule has 1 aromatic heterocycles. The summed E-state index contributed by atoms with van der Waals surface area (Å²) in [6.45, 7) is 0. The van der Waals surface area contributed by atoms with Gasteiger partial charge in [0.05, 0.1) is 0 Å². The van der Waals surface area contributed by atoms with Crippen LogP contribution < -0.4 is 10.6 Å². The van der Waals surface area contributed by atoms with Crippen LogP contribution in [0.25, 0.3) is 0 Å². The third-order valence-electron chi connectivity index (χ3n) is 1.29. The minimum atomic E-state index is -0.591. The van der Waals surface area contributed by atoms with E-state index >= 15 is 0 Å². The van der Waals surface area contributed by atoms with Crippen LogP contribution in [-0.4, -0.2) is 23.3 Å². The molecule has 0 aliphatic rings. The van der Waals surface area contributed by atoms with Crippen molar-refractivity contribution >= 4 is 23.4 Å². The molecule has 1 rings (SSSR count). The van der Waals surface area contributed by atoms with Gasteiger partial charge in [-0.1, -0.05) is 11.6 Å². The maximum atomic E-state index is 10.6. The fraction of sp³-hybridized carbons (Fsp3) is 0.167. The normalized spacial score (nSPS) is 9.50. The molecule has 0 atom stereocenters. The van der Waals surface area contributed by atoms with Crippen LogP contribution in [0.2, 0.25) is 5.15 Å². The molecule has 1 heterocycles. The average molecular weight is 187 g/mol. The first-order valence-electron chi connectivity index (χ1n) is 3.13. The Morgan fingerprint density at radius 3 is 2.67 bits per heavy atom. The lowest BCUT2D eigenvalue weighted by Gasteiger charge is -2.10. The zero-order valence-electron chi connectivity index (χ0n) is 6.36. The van der Waals surface area contributed by atoms with Crippen LogP contribution in [0.1, 0.15) is 0 Å². The first-order chi connectivity index (χ1) is 5.61. The van der Waals surface area contributed by atoms with Crippen LogP contribution in [0.3, 0.4) is 0 Å². The Morgan fingerprint density at radius 2 is 2.25 bits per heavy atom. The molecule has 0 aromatic carbocycles.